The number of hydrogen-bond donors (Lipinski definition) is 2. The summed E-state index contributed by atoms with van der Waals surface area (Å²) in [6.07, 6.45) is 1.19. The Kier molecular flexibility index (Phi) is 7.68. The molecular formula is C32H35BN2O6. The number of ether oxygens (including phenoxy) is 2. The molecule has 3 aromatic carbocycles. The topological polar surface area (TPSA) is 109 Å². The van der Waals surface area contributed by atoms with E-state index in [1.807, 2.05) is 52.0 Å². The SMILES string of the molecule is COC(=O)c1cc(N)ccc1C=C(CNC(=O)OCC1c2ccccc2-c2ccccc21)B1OC(C)(C)C(C)(C)O1. The lowest BCUT2D eigenvalue weighted by Crippen LogP contribution is -2.41. The summed E-state index contributed by atoms with van der Waals surface area (Å²) in [5, 5.41) is 2.85. The fourth-order valence-corrected chi connectivity index (χ4v) is 5.21. The van der Waals surface area contributed by atoms with Crippen LogP contribution < -0.4 is 11.1 Å². The highest BCUT2D eigenvalue weighted by Gasteiger charge is 2.52. The average Bonchev–Trinajstić information content (AvgIpc) is 3.38. The molecule has 2 aliphatic rings. The molecule has 0 spiro atoms. The number of hydrogen-bond acceptors (Lipinski definition) is 7. The van der Waals surface area contributed by atoms with Crippen molar-refractivity contribution >= 4 is 30.9 Å². The van der Waals surface area contributed by atoms with Gasteiger partial charge >= 0.3 is 19.2 Å². The summed E-state index contributed by atoms with van der Waals surface area (Å²) in [6, 6.07) is 21.3. The molecule has 1 heterocycles. The largest absolute Gasteiger partial charge is 0.492 e. The van der Waals surface area contributed by atoms with Gasteiger partial charge in [0.05, 0.1) is 23.9 Å². The fraction of sp³-hybridized carbons (Fsp3) is 0.312. The minimum atomic E-state index is -0.767. The first-order valence-electron chi connectivity index (χ1n) is 13.6. The molecule has 0 unspecified atom stereocenters. The second-order valence-electron chi connectivity index (χ2n) is 11.3. The number of nitrogens with two attached hydrogens (primary N) is 1. The highest BCUT2D eigenvalue weighted by Crippen LogP contribution is 2.44. The van der Waals surface area contributed by atoms with Crippen molar-refractivity contribution < 1.29 is 28.4 Å². The lowest BCUT2D eigenvalue weighted by atomic mass is 9.76. The number of carbonyl (C=O) groups excluding carboxylic acids is 2. The molecule has 5 rings (SSSR count). The molecule has 0 bridgehead atoms. The summed E-state index contributed by atoms with van der Waals surface area (Å²) in [7, 11) is 0.546. The van der Waals surface area contributed by atoms with Crippen LogP contribution in [0.5, 0.6) is 0 Å². The van der Waals surface area contributed by atoms with E-state index in [1.54, 1.807) is 24.3 Å². The summed E-state index contributed by atoms with van der Waals surface area (Å²) in [5.41, 5.74) is 11.2. The van der Waals surface area contributed by atoms with E-state index in [1.165, 1.54) is 7.11 Å². The van der Waals surface area contributed by atoms with Crippen LogP contribution in [0, 0.1) is 0 Å². The Morgan fingerprint density at radius 3 is 2.12 bits per heavy atom. The monoisotopic (exact) mass is 554 g/mol. The third-order valence-corrected chi connectivity index (χ3v) is 8.16. The molecule has 8 nitrogen and oxygen atoms in total. The lowest BCUT2D eigenvalue weighted by molar-refractivity contribution is 0.00578. The van der Waals surface area contributed by atoms with E-state index in [4.69, 9.17) is 24.5 Å². The Morgan fingerprint density at radius 2 is 1.54 bits per heavy atom. The van der Waals surface area contributed by atoms with Crippen molar-refractivity contribution in [2.75, 3.05) is 26.0 Å². The van der Waals surface area contributed by atoms with E-state index in [9.17, 15) is 9.59 Å². The molecule has 0 aromatic heterocycles. The Labute approximate surface area is 241 Å². The number of methoxy groups -OCH3 is 1. The smallest absolute Gasteiger partial charge is 0.465 e. The maximum absolute atomic E-state index is 13.0. The van der Waals surface area contributed by atoms with E-state index in [2.05, 4.69) is 29.6 Å². The Balaban J connectivity index is 1.35. The van der Waals surface area contributed by atoms with Gasteiger partial charge in [-0.3, -0.25) is 0 Å². The second-order valence-corrected chi connectivity index (χ2v) is 11.3. The predicted octanol–water partition coefficient (Wildman–Crippen LogP) is 5.61. The molecule has 0 radical (unpaired) electrons. The molecule has 1 aliphatic carbocycles. The van der Waals surface area contributed by atoms with Gasteiger partial charge in [0.25, 0.3) is 0 Å². The molecule has 0 saturated carbocycles. The molecule has 212 valence electrons. The van der Waals surface area contributed by atoms with Crippen LogP contribution in [0.2, 0.25) is 0 Å². The number of alkyl carbamates (subject to hydrolysis) is 1. The maximum Gasteiger partial charge on any atom is 0.492 e. The number of rotatable bonds is 7. The molecule has 1 aliphatic heterocycles. The number of amides is 1. The summed E-state index contributed by atoms with van der Waals surface area (Å²) < 4.78 is 23.2. The first-order chi connectivity index (χ1) is 19.5. The predicted molar refractivity (Wildman–Crippen MR) is 159 cm³/mol. The van der Waals surface area contributed by atoms with Gasteiger partial charge in [-0.05, 0) is 73.1 Å². The quantitative estimate of drug-likeness (QED) is 0.222. The van der Waals surface area contributed by atoms with Crippen LogP contribution >= 0.6 is 0 Å². The third-order valence-electron chi connectivity index (χ3n) is 8.16. The van der Waals surface area contributed by atoms with E-state index in [-0.39, 0.29) is 19.1 Å². The molecule has 9 heteroatoms. The van der Waals surface area contributed by atoms with Crippen LogP contribution in [0.4, 0.5) is 10.5 Å². The van der Waals surface area contributed by atoms with E-state index >= 15 is 0 Å². The van der Waals surface area contributed by atoms with Crippen molar-refractivity contribution in [3.63, 3.8) is 0 Å². The molecule has 3 aromatic rings. The van der Waals surface area contributed by atoms with Crippen LogP contribution in [0.25, 0.3) is 17.2 Å². The molecule has 41 heavy (non-hydrogen) atoms. The Bertz CT molecular complexity index is 1450. The zero-order valence-electron chi connectivity index (χ0n) is 24.0. The van der Waals surface area contributed by atoms with E-state index in [0.29, 0.717) is 22.3 Å². The van der Waals surface area contributed by atoms with Crippen molar-refractivity contribution in [1.82, 2.24) is 5.32 Å². The number of esters is 1. The summed E-state index contributed by atoms with van der Waals surface area (Å²) >= 11 is 0. The van der Waals surface area contributed by atoms with Crippen LogP contribution in [0.3, 0.4) is 0 Å². The molecule has 3 N–H and O–H groups in total. The van der Waals surface area contributed by atoms with Gasteiger partial charge in [0.1, 0.15) is 6.61 Å². The molecule has 1 saturated heterocycles. The zero-order valence-corrected chi connectivity index (χ0v) is 24.0. The standard InChI is InChI=1S/C32H35BN2O6/c1-31(2)32(3,4)41-33(40-31)21(16-20-14-15-22(34)17-27(20)29(36)38-5)18-35-30(37)39-19-28-25-12-8-6-10-23(25)24-11-7-9-13-26(24)28/h6-17,28H,18-19,34H2,1-5H3,(H,35,37). The number of nitrogens with one attached hydrogen (secondary N) is 1. The normalized spacial score (nSPS) is 17.1. The molecule has 0 atom stereocenters. The molecule has 1 fully saturated rings. The van der Waals surface area contributed by atoms with Crippen LogP contribution in [0.1, 0.15) is 60.7 Å². The van der Waals surface area contributed by atoms with Gasteiger partial charge in [0, 0.05) is 18.2 Å². The van der Waals surface area contributed by atoms with Crippen LogP contribution in [0.15, 0.2) is 72.2 Å². The van der Waals surface area contributed by atoms with Gasteiger partial charge in [-0.2, -0.15) is 0 Å². The molecular weight excluding hydrogens is 519 g/mol. The van der Waals surface area contributed by atoms with Crippen molar-refractivity contribution in [2.45, 2.75) is 44.8 Å². The van der Waals surface area contributed by atoms with Crippen molar-refractivity contribution in [2.24, 2.45) is 0 Å². The van der Waals surface area contributed by atoms with Crippen molar-refractivity contribution in [1.29, 1.82) is 0 Å². The number of benzene rings is 3. The first-order valence-corrected chi connectivity index (χ1v) is 13.6. The van der Waals surface area contributed by atoms with Crippen LogP contribution in [-0.4, -0.2) is 50.6 Å². The first kappa shape index (κ1) is 28.5. The van der Waals surface area contributed by atoms with E-state index < -0.39 is 30.4 Å². The van der Waals surface area contributed by atoms with Crippen LogP contribution in [-0.2, 0) is 18.8 Å². The maximum atomic E-state index is 13.0. The fourth-order valence-electron chi connectivity index (χ4n) is 5.21. The highest BCUT2D eigenvalue weighted by molar-refractivity contribution is 6.56. The van der Waals surface area contributed by atoms with Gasteiger partial charge < -0.3 is 29.8 Å². The number of carbonyl (C=O) groups is 2. The van der Waals surface area contributed by atoms with Gasteiger partial charge in [-0.25, -0.2) is 9.59 Å². The minimum Gasteiger partial charge on any atom is -0.465 e. The summed E-state index contributed by atoms with van der Waals surface area (Å²) in [6.45, 7) is 8.07. The van der Waals surface area contributed by atoms with Gasteiger partial charge in [0.15, 0.2) is 0 Å². The van der Waals surface area contributed by atoms with Gasteiger partial charge in [-0.1, -0.05) is 60.7 Å². The summed E-state index contributed by atoms with van der Waals surface area (Å²) in [4.78, 5) is 25.5. The van der Waals surface area contributed by atoms with Gasteiger partial charge in [0.2, 0.25) is 0 Å². The Hall–Kier alpha value is -4.08. The third kappa shape index (κ3) is 5.60. The number of nitrogen functional groups attached to an aromatic ring is 1. The highest BCUT2D eigenvalue weighted by atomic mass is 16.7. The van der Waals surface area contributed by atoms with Crippen molar-refractivity contribution in [3.05, 3.63) is 94.5 Å². The van der Waals surface area contributed by atoms with Gasteiger partial charge in [-0.15, -0.1) is 0 Å². The zero-order chi connectivity index (χ0) is 29.4. The number of anilines is 1. The molecule has 1 amide bonds. The second kappa shape index (κ2) is 11.1. The average molecular weight is 554 g/mol. The van der Waals surface area contributed by atoms with Crippen molar-refractivity contribution in [3.8, 4) is 11.1 Å². The Morgan fingerprint density at radius 1 is 0.951 bits per heavy atom. The summed E-state index contributed by atoms with van der Waals surface area (Å²) in [5.74, 6) is -0.579. The number of fused-ring (bicyclic) bond motifs is 3. The minimum absolute atomic E-state index is 0.0522. The van der Waals surface area contributed by atoms with E-state index in [0.717, 1.165) is 22.3 Å². The lowest BCUT2D eigenvalue weighted by Gasteiger charge is -2.32.